The van der Waals surface area contributed by atoms with Crippen LogP contribution in [0.5, 0.6) is 5.75 Å². The van der Waals surface area contributed by atoms with Gasteiger partial charge in [0.05, 0.1) is 25.7 Å². The number of esters is 1. The number of nitrogens with one attached hydrogen (secondary N) is 1. The van der Waals surface area contributed by atoms with Crippen molar-refractivity contribution in [2.24, 2.45) is 0 Å². The van der Waals surface area contributed by atoms with Crippen molar-refractivity contribution in [2.45, 2.75) is 38.7 Å². The molecule has 2 atom stereocenters. The fraction of sp³-hybridized carbons (Fsp3) is 0.364. The summed E-state index contributed by atoms with van der Waals surface area (Å²) in [4.78, 5) is 24.7. The number of rotatable bonds is 5. The Balaban J connectivity index is 2.14. The summed E-state index contributed by atoms with van der Waals surface area (Å²) in [6.45, 7) is 3.49. The van der Waals surface area contributed by atoms with E-state index in [9.17, 15) is 22.8 Å². The topological polar surface area (TPSA) is 73.9 Å². The van der Waals surface area contributed by atoms with Crippen LogP contribution in [-0.4, -0.2) is 31.7 Å². The second-order valence-electron chi connectivity index (χ2n) is 6.98. The van der Waals surface area contributed by atoms with Gasteiger partial charge in [-0.25, -0.2) is 0 Å². The average Bonchev–Trinajstić information content (AvgIpc) is 2.84. The second kappa shape index (κ2) is 8.97. The van der Waals surface area contributed by atoms with E-state index >= 15 is 0 Å². The number of carbonyl (C=O) groups excluding carboxylic acids is 2. The first-order valence-electron chi connectivity index (χ1n) is 9.62. The van der Waals surface area contributed by atoms with Crippen LogP contribution in [-0.2, 0) is 25.2 Å². The van der Waals surface area contributed by atoms with Gasteiger partial charge in [-0.05, 0) is 49.2 Å². The Labute approximate surface area is 177 Å². The van der Waals surface area contributed by atoms with Crippen LogP contribution in [0, 0.1) is 6.92 Å². The Morgan fingerprint density at radius 1 is 1.19 bits per heavy atom. The first kappa shape index (κ1) is 22.6. The summed E-state index contributed by atoms with van der Waals surface area (Å²) < 4.78 is 56.4. The number of anilines is 1. The molecule has 1 heterocycles. The fourth-order valence-corrected chi connectivity index (χ4v) is 3.47. The largest absolute Gasteiger partial charge is 0.496 e. The zero-order chi connectivity index (χ0) is 22.8. The Bertz CT molecular complexity index is 990. The van der Waals surface area contributed by atoms with Gasteiger partial charge in [-0.2, -0.15) is 13.2 Å². The van der Waals surface area contributed by atoms with Crippen LogP contribution < -0.4 is 10.1 Å². The Kier molecular flexibility index (Phi) is 6.54. The van der Waals surface area contributed by atoms with Crippen LogP contribution >= 0.6 is 0 Å². The van der Waals surface area contributed by atoms with Gasteiger partial charge in [0, 0.05) is 11.3 Å². The maximum atomic E-state index is 13.4. The third-order valence-electron chi connectivity index (χ3n) is 5.00. The third kappa shape index (κ3) is 4.82. The summed E-state index contributed by atoms with van der Waals surface area (Å²) in [6, 6.07) is 8.10. The molecule has 0 fully saturated rings. The maximum absolute atomic E-state index is 13.4. The Morgan fingerprint density at radius 2 is 1.94 bits per heavy atom. The molecule has 6 nitrogen and oxygen atoms in total. The molecule has 1 N–H and O–H groups in total. The fourth-order valence-electron chi connectivity index (χ4n) is 3.47. The van der Waals surface area contributed by atoms with E-state index in [-0.39, 0.29) is 24.3 Å². The third-order valence-corrected chi connectivity index (χ3v) is 5.00. The second-order valence-corrected chi connectivity index (χ2v) is 6.98. The molecule has 0 unspecified atom stereocenters. The SMILES string of the molecule is CCOC(=O)C[C@H]1O[C@H](c2cccc(OC)c2C)c2cc(C(F)(F)F)ccc2NC1=O. The van der Waals surface area contributed by atoms with E-state index in [4.69, 9.17) is 14.2 Å². The molecule has 0 saturated carbocycles. The zero-order valence-electron chi connectivity index (χ0n) is 17.2. The predicted molar refractivity (Wildman–Crippen MR) is 106 cm³/mol. The smallest absolute Gasteiger partial charge is 0.416 e. The van der Waals surface area contributed by atoms with Crippen molar-refractivity contribution >= 4 is 17.6 Å². The highest BCUT2D eigenvalue weighted by atomic mass is 19.4. The minimum absolute atomic E-state index is 0.126. The number of benzene rings is 2. The van der Waals surface area contributed by atoms with Gasteiger partial charge in [0.25, 0.3) is 5.91 Å². The summed E-state index contributed by atoms with van der Waals surface area (Å²) in [7, 11) is 1.48. The molecule has 2 aromatic carbocycles. The van der Waals surface area contributed by atoms with Gasteiger partial charge in [0.2, 0.25) is 0 Å². The van der Waals surface area contributed by atoms with E-state index in [1.165, 1.54) is 13.2 Å². The van der Waals surface area contributed by atoms with Crippen LogP contribution in [0.15, 0.2) is 36.4 Å². The number of ether oxygens (including phenoxy) is 3. The minimum Gasteiger partial charge on any atom is -0.496 e. The van der Waals surface area contributed by atoms with E-state index in [0.717, 1.165) is 12.1 Å². The molecule has 1 aliphatic heterocycles. The highest BCUT2D eigenvalue weighted by molar-refractivity contribution is 5.97. The van der Waals surface area contributed by atoms with Gasteiger partial charge in [0.15, 0.2) is 0 Å². The van der Waals surface area contributed by atoms with Crippen molar-refractivity contribution in [1.29, 1.82) is 0 Å². The molecule has 0 radical (unpaired) electrons. The maximum Gasteiger partial charge on any atom is 0.416 e. The Hall–Kier alpha value is -3.07. The molecule has 1 aliphatic rings. The van der Waals surface area contributed by atoms with Crippen LogP contribution in [0.2, 0.25) is 0 Å². The van der Waals surface area contributed by atoms with Crippen molar-refractivity contribution < 1.29 is 37.0 Å². The molecular weight excluding hydrogens is 415 g/mol. The number of amides is 1. The monoisotopic (exact) mass is 437 g/mol. The highest BCUT2D eigenvalue weighted by Crippen LogP contribution is 2.41. The molecule has 2 aromatic rings. The van der Waals surface area contributed by atoms with E-state index < -0.39 is 35.8 Å². The summed E-state index contributed by atoms with van der Waals surface area (Å²) >= 11 is 0. The van der Waals surface area contributed by atoms with Gasteiger partial charge < -0.3 is 19.5 Å². The predicted octanol–water partition coefficient (Wildman–Crippen LogP) is 4.40. The summed E-state index contributed by atoms with van der Waals surface area (Å²) in [5.41, 5.74) is 0.592. The molecule has 1 amide bonds. The summed E-state index contributed by atoms with van der Waals surface area (Å²) in [5.74, 6) is -0.775. The molecule has 9 heteroatoms. The lowest BCUT2D eigenvalue weighted by atomic mass is 9.94. The summed E-state index contributed by atoms with van der Waals surface area (Å²) in [5, 5.41) is 2.58. The molecule has 31 heavy (non-hydrogen) atoms. The Morgan fingerprint density at radius 3 is 2.58 bits per heavy atom. The molecule has 3 rings (SSSR count). The first-order valence-corrected chi connectivity index (χ1v) is 9.62. The molecule has 0 bridgehead atoms. The van der Waals surface area contributed by atoms with Crippen molar-refractivity contribution in [3.8, 4) is 5.75 Å². The number of halogens is 3. The lowest BCUT2D eigenvalue weighted by Crippen LogP contribution is -2.32. The quantitative estimate of drug-likeness (QED) is 0.702. The van der Waals surface area contributed by atoms with Gasteiger partial charge in [-0.1, -0.05) is 12.1 Å². The molecule has 0 aromatic heterocycles. The zero-order valence-corrected chi connectivity index (χ0v) is 17.2. The highest BCUT2D eigenvalue weighted by Gasteiger charge is 2.37. The number of hydrogen-bond acceptors (Lipinski definition) is 5. The summed E-state index contributed by atoms with van der Waals surface area (Å²) in [6.07, 6.45) is -7.26. The lowest BCUT2D eigenvalue weighted by Gasteiger charge is -2.24. The molecular formula is C22H22F3NO5. The van der Waals surface area contributed by atoms with Gasteiger partial charge in [-0.3, -0.25) is 9.59 Å². The van der Waals surface area contributed by atoms with Crippen molar-refractivity contribution in [2.75, 3.05) is 19.0 Å². The van der Waals surface area contributed by atoms with Crippen molar-refractivity contribution in [3.63, 3.8) is 0 Å². The number of hydrogen-bond donors (Lipinski definition) is 1. The number of methoxy groups -OCH3 is 1. The number of carbonyl (C=O) groups is 2. The van der Waals surface area contributed by atoms with E-state index in [1.807, 2.05) is 0 Å². The minimum atomic E-state index is -4.58. The number of fused-ring (bicyclic) bond motifs is 1. The van der Waals surface area contributed by atoms with Crippen LogP contribution in [0.25, 0.3) is 0 Å². The van der Waals surface area contributed by atoms with Gasteiger partial charge >= 0.3 is 12.1 Å². The lowest BCUT2D eigenvalue weighted by molar-refractivity contribution is -0.150. The van der Waals surface area contributed by atoms with Crippen LogP contribution in [0.3, 0.4) is 0 Å². The normalized spacial score (nSPS) is 18.6. The van der Waals surface area contributed by atoms with Crippen molar-refractivity contribution in [1.82, 2.24) is 0 Å². The average molecular weight is 437 g/mol. The van der Waals surface area contributed by atoms with Crippen LogP contribution in [0.4, 0.5) is 18.9 Å². The first-order chi connectivity index (χ1) is 14.7. The molecule has 0 aliphatic carbocycles. The van der Waals surface area contributed by atoms with Crippen LogP contribution in [0.1, 0.15) is 41.7 Å². The molecule has 166 valence electrons. The van der Waals surface area contributed by atoms with E-state index in [1.54, 1.807) is 32.0 Å². The van der Waals surface area contributed by atoms with Gasteiger partial charge in [0.1, 0.15) is 18.0 Å². The van der Waals surface area contributed by atoms with Crippen molar-refractivity contribution in [3.05, 3.63) is 58.7 Å². The van der Waals surface area contributed by atoms with E-state index in [0.29, 0.717) is 16.9 Å². The van der Waals surface area contributed by atoms with E-state index in [2.05, 4.69) is 5.32 Å². The molecule has 0 saturated heterocycles. The molecule has 0 spiro atoms. The number of alkyl halides is 3. The standard InChI is InChI=1S/C22H22F3NO5/c1-4-30-19(27)11-18-21(28)26-16-9-8-13(22(23,24)25)10-15(16)20(31-18)14-6-5-7-17(29-3)12(14)2/h5-10,18,20H,4,11H2,1-3H3,(H,26,28)/t18-,20-/m1/s1. The van der Waals surface area contributed by atoms with Gasteiger partial charge in [-0.15, -0.1) is 0 Å².